The number of hydrogen-bond donors (Lipinski definition) is 0. The molecule has 25 heavy (non-hydrogen) atoms. The summed E-state index contributed by atoms with van der Waals surface area (Å²) in [6, 6.07) is 0. The van der Waals surface area contributed by atoms with E-state index in [-0.39, 0.29) is 0 Å². The number of allylic oxidation sites excluding steroid dienone is 4. The van der Waals surface area contributed by atoms with E-state index >= 15 is 0 Å². The van der Waals surface area contributed by atoms with E-state index in [1.807, 2.05) is 20.8 Å². The van der Waals surface area contributed by atoms with Gasteiger partial charge in [-0.1, -0.05) is 42.6 Å². The van der Waals surface area contributed by atoms with E-state index in [1.165, 1.54) is 16.9 Å². The SMILES string of the molecule is CCC(CC)/C(C)=C/C(C)=N/C(C)=C(/C(C)=NC)c1sc(Cl)nc1Cl. The highest BCUT2D eigenvalue weighted by atomic mass is 35.5. The molecule has 1 rings (SSSR count). The minimum absolute atomic E-state index is 0.393. The Morgan fingerprint density at radius 3 is 2.20 bits per heavy atom. The maximum atomic E-state index is 6.25. The lowest BCUT2D eigenvalue weighted by atomic mass is 9.94. The number of thiazole rings is 1. The molecule has 0 aliphatic rings. The van der Waals surface area contributed by atoms with Gasteiger partial charge in [0, 0.05) is 29.7 Å². The highest BCUT2D eigenvalue weighted by Crippen LogP contribution is 2.35. The first-order valence-electron chi connectivity index (χ1n) is 8.45. The van der Waals surface area contributed by atoms with Gasteiger partial charge in [-0.25, -0.2) is 4.98 Å². The maximum Gasteiger partial charge on any atom is 0.185 e. The predicted octanol–water partition coefficient (Wildman–Crippen LogP) is 7.12. The van der Waals surface area contributed by atoms with Crippen LogP contribution in [0.1, 0.15) is 59.3 Å². The fourth-order valence-electron chi connectivity index (χ4n) is 2.87. The monoisotopic (exact) mass is 399 g/mol. The predicted molar refractivity (Wildman–Crippen MR) is 115 cm³/mol. The zero-order valence-electron chi connectivity index (χ0n) is 16.1. The van der Waals surface area contributed by atoms with Crippen molar-refractivity contribution in [1.82, 2.24) is 4.98 Å². The molecule has 1 aromatic rings. The molecular formula is C19H27Cl2N3S. The Balaban J connectivity index is 3.38. The Morgan fingerprint density at radius 2 is 1.76 bits per heavy atom. The minimum atomic E-state index is 0.393. The van der Waals surface area contributed by atoms with Crippen LogP contribution in [0, 0.1) is 5.92 Å². The van der Waals surface area contributed by atoms with Crippen LogP contribution in [0.2, 0.25) is 9.62 Å². The second kappa shape index (κ2) is 10.2. The van der Waals surface area contributed by atoms with Crippen molar-refractivity contribution in [1.29, 1.82) is 0 Å². The van der Waals surface area contributed by atoms with Gasteiger partial charge in [-0.15, -0.1) is 11.3 Å². The lowest BCUT2D eigenvalue weighted by molar-refractivity contribution is 0.572. The molecule has 0 aliphatic heterocycles. The largest absolute Gasteiger partial charge is 0.293 e. The molecule has 3 nitrogen and oxygen atoms in total. The Bertz CT molecular complexity index is 723. The zero-order valence-corrected chi connectivity index (χ0v) is 18.4. The van der Waals surface area contributed by atoms with E-state index in [4.69, 9.17) is 28.2 Å². The summed E-state index contributed by atoms with van der Waals surface area (Å²) in [5.41, 5.74) is 4.94. The first-order valence-corrected chi connectivity index (χ1v) is 10.0. The van der Waals surface area contributed by atoms with Gasteiger partial charge in [-0.05, 0) is 52.5 Å². The highest BCUT2D eigenvalue weighted by molar-refractivity contribution is 7.17. The molecule has 0 radical (unpaired) electrons. The molecule has 0 amide bonds. The van der Waals surface area contributed by atoms with Crippen LogP contribution < -0.4 is 0 Å². The third kappa shape index (κ3) is 6.05. The van der Waals surface area contributed by atoms with E-state index in [1.54, 1.807) is 7.05 Å². The van der Waals surface area contributed by atoms with Crippen molar-refractivity contribution in [3.8, 4) is 0 Å². The molecule has 138 valence electrons. The van der Waals surface area contributed by atoms with Crippen molar-refractivity contribution >= 4 is 51.5 Å². The average molecular weight is 400 g/mol. The third-order valence-corrected chi connectivity index (χ3v) is 5.82. The number of hydrogen-bond acceptors (Lipinski definition) is 4. The fourth-order valence-corrected chi connectivity index (χ4v) is 4.40. The zero-order chi connectivity index (χ0) is 19.1. The number of aromatic nitrogens is 1. The molecule has 0 aromatic carbocycles. The van der Waals surface area contributed by atoms with Crippen molar-refractivity contribution in [3.05, 3.63) is 31.8 Å². The molecular weight excluding hydrogens is 373 g/mol. The van der Waals surface area contributed by atoms with Crippen LogP contribution in [-0.4, -0.2) is 23.5 Å². The maximum absolute atomic E-state index is 6.25. The second-order valence-electron chi connectivity index (χ2n) is 6.01. The quantitative estimate of drug-likeness (QED) is 0.449. The first kappa shape index (κ1) is 22.1. The molecule has 0 atom stereocenters. The normalized spacial score (nSPS) is 15.0. The summed E-state index contributed by atoms with van der Waals surface area (Å²) in [5, 5.41) is 0.393. The average Bonchev–Trinajstić information content (AvgIpc) is 2.86. The Kier molecular flexibility index (Phi) is 9.04. The molecule has 0 N–H and O–H groups in total. The second-order valence-corrected chi connectivity index (χ2v) is 7.95. The summed E-state index contributed by atoms with van der Waals surface area (Å²) in [6.45, 7) is 12.5. The molecule has 1 heterocycles. The van der Waals surface area contributed by atoms with Gasteiger partial charge in [0.2, 0.25) is 0 Å². The van der Waals surface area contributed by atoms with Gasteiger partial charge >= 0.3 is 0 Å². The van der Waals surface area contributed by atoms with Crippen LogP contribution in [0.5, 0.6) is 0 Å². The van der Waals surface area contributed by atoms with E-state index in [9.17, 15) is 0 Å². The molecule has 6 heteroatoms. The van der Waals surface area contributed by atoms with Crippen LogP contribution in [0.3, 0.4) is 0 Å². The van der Waals surface area contributed by atoms with Crippen LogP contribution in [0.15, 0.2) is 27.3 Å². The molecule has 0 saturated carbocycles. The summed E-state index contributed by atoms with van der Waals surface area (Å²) in [7, 11) is 1.76. The molecule has 0 aliphatic carbocycles. The van der Waals surface area contributed by atoms with Crippen LogP contribution >= 0.6 is 34.5 Å². The Morgan fingerprint density at radius 1 is 1.16 bits per heavy atom. The molecule has 0 saturated heterocycles. The van der Waals surface area contributed by atoms with Gasteiger partial charge in [0.1, 0.15) is 5.15 Å². The van der Waals surface area contributed by atoms with Gasteiger partial charge in [-0.3, -0.25) is 9.98 Å². The van der Waals surface area contributed by atoms with Crippen LogP contribution in [0.25, 0.3) is 5.57 Å². The highest BCUT2D eigenvalue weighted by Gasteiger charge is 2.17. The Labute approximate surface area is 165 Å². The number of aliphatic imine (C=N–C) groups is 2. The molecule has 0 unspecified atom stereocenters. The summed E-state index contributed by atoms with van der Waals surface area (Å²) in [6.07, 6.45) is 4.45. The Hall–Kier alpha value is -0.970. The van der Waals surface area contributed by atoms with Crippen molar-refractivity contribution in [2.45, 2.75) is 54.4 Å². The molecule has 0 bridgehead atoms. The van der Waals surface area contributed by atoms with Crippen molar-refractivity contribution in [2.24, 2.45) is 15.9 Å². The molecule has 0 spiro atoms. The van der Waals surface area contributed by atoms with E-state index in [0.29, 0.717) is 15.5 Å². The van der Waals surface area contributed by atoms with E-state index < -0.39 is 0 Å². The lowest BCUT2D eigenvalue weighted by Gasteiger charge is -2.13. The lowest BCUT2D eigenvalue weighted by Crippen LogP contribution is -2.02. The van der Waals surface area contributed by atoms with Gasteiger partial charge in [-0.2, -0.15) is 0 Å². The molecule has 1 aromatic heterocycles. The van der Waals surface area contributed by atoms with E-state index in [2.05, 4.69) is 36.8 Å². The summed E-state index contributed by atoms with van der Waals surface area (Å²) in [4.78, 5) is 14.0. The number of rotatable bonds is 7. The number of nitrogens with zero attached hydrogens (tertiary/aromatic N) is 3. The van der Waals surface area contributed by atoms with Gasteiger partial charge in [0.25, 0.3) is 0 Å². The standard InChI is InChI=1S/C19H27Cl2N3S/c1-8-15(9-2)11(3)10-12(4)23-14(6)16(13(5)22-7)17-18(20)24-19(21)25-17/h10,15H,8-9H2,1-7H3/b11-10+,16-14-,22-13?,23-12+. The smallest absolute Gasteiger partial charge is 0.185 e. The minimum Gasteiger partial charge on any atom is -0.293 e. The van der Waals surface area contributed by atoms with Crippen molar-refractivity contribution in [2.75, 3.05) is 7.05 Å². The van der Waals surface area contributed by atoms with Crippen LogP contribution in [-0.2, 0) is 0 Å². The summed E-state index contributed by atoms with van der Waals surface area (Å²) >= 11 is 13.6. The summed E-state index contributed by atoms with van der Waals surface area (Å²) < 4.78 is 0.416. The topological polar surface area (TPSA) is 37.6 Å². The van der Waals surface area contributed by atoms with Gasteiger partial charge < -0.3 is 0 Å². The van der Waals surface area contributed by atoms with Crippen molar-refractivity contribution in [3.63, 3.8) is 0 Å². The molecule has 0 fully saturated rings. The summed E-state index contributed by atoms with van der Waals surface area (Å²) in [5.74, 6) is 0.600. The van der Waals surface area contributed by atoms with E-state index in [0.717, 1.165) is 40.4 Å². The third-order valence-electron chi connectivity index (χ3n) is 4.26. The van der Waals surface area contributed by atoms with Crippen molar-refractivity contribution < 1.29 is 0 Å². The first-order chi connectivity index (χ1) is 11.7. The van der Waals surface area contributed by atoms with Crippen LogP contribution in [0.4, 0.5) is 0 Å². The van der Waals surface area contributed by atoms with Gasteiger partial charge in [0.15, 0.2) is 4.47 Å². The fraction of sp³-hybridized carbons (Fsp3) is 0.526. The number of halogens is 2. The van der Waals surface area contributed by atoms with Gasteiger partial charge in [0.05, 0.1) is 4.88 Å².